The van der Waals surface area contributed by atoms with E-state index in [9.17, 15) is 4.79 Å². The first kappa shape index (κ1) is 10.1. The molecule has 0 aromatic rings. The molecule has 1 aliphatic rings. The van der Waals surface area contributed by atoms with Gasteiger partial charge in [0.1, 0.15) is 0 Å². The lowest BCUT2D eigenvalue weighted by Gasteiger charge is -2.20. The quantitative estimate of drug-likeness (QED) is 0.625. The third kappa shape index (κ3) is 3.60. The Bertz CT molecular complexity index is 146. The summed E-state index contributed by atoms with van der Waals surface area (Å²) in [5, 5.41) is 0. The molecule has 1 N–H and O–H groups in total. The molecule has 3 nitrogen and oxygen atoms in total. The van der Waals surface area contributed by atoms with E-state index < -0.39 is 0 Å². The van der Waals surface area contributed by atoms with E-state index in [1.165, 1.54) is 32.1 Å². The predicted octanol–water partition coefficient (Wildman–Crippen LogP) is 2.64. The van der Waals surface area contributed by atoms with Gasteiger partial charge >= 0.3 is 6.09 Å². The molecule has 1 amide bonds. The fourth-order valence-corrected chi connectivity index (χ4v) is 1.73. The average molecular weight is 283 g/mol. The fraction of sp³-hybridized carbons (Fsp3) is 0.875. The van der Waals surface area contributed by atoms with Crippen LogP contribution in [-0.2, 0) is 4.74 Å². The molecule has 0 heterocycles. The topological polar surface area (TPSA) is 38.3 Å². The van der Waals surface area contributed by atoms with Gasteiger partial charge in [-0.25, -0.2) is 4.79 Å². The Morgan fingerprint density at radius 1 is 1.42 bits per heavy atom. The summed E-state index contributed by atoms with van der Waals surface area (Å²) < 4.78 is 7.39. The van der Waals surface area contributed by atoms with Crippen molar-refractivity contribution in [2.24, 2.45) is 5.92 Å². The summed E-state index contributed by atoms with van der Waals surface area (Å²) in [5.74, 6) is 0.604. The molecule has 0 atom stereocenters. The standard InChI is InChI=1S/C8H14INO2/c9-10-8(11)12-6-7-4-2-1-3-5-7/h7H,1-6H2,(H,10,11). The second kappa shape index (κ2) is 5.61. The Morgan fingerprint density at radius 3 is 2.67 bits per heavy atom. The van der Waals surface area contributed by atoms with Crippen LogP contribution < -0.4 is 3.53 Å². The highest BCUT2D eigenvalue weighted by Crippen LogP contribution is 2.23. The predicted molar refractivity (Wildman–Crippen MR) is 55.1 cm³/mol. The molecule has 1 rings (SSSR count). The highest BCUT2D eigenvalue weighted by Gasteiger charge is 2.14. The summed E-state index contributed by atoms with van der Waals surface area (Å²) in [5.41, 5.74) is 0. The number of nitrogens with one attached hydrogen (secondary N) is 1. The molecular weight excluding hydrogens is 269 g/mol. The van der Waals surface area contributed by atoms with Crippen LogP contribution in [0.3, 0.4) is 0 Å². The Kier molecular flexibility index (Phi) is 4.72. The van der Waals surface area contributed by atoms with Gasteiger partial charge in [-0.1, -0.05) is 19.3 Å². The van der Waals surface area contributed by atoms with Gasteiger partial charge < -0.3 is 4.74 Å². The zero-order chi connectivity index (χ0) is 8.81. The van der Waals surface area contributed by atoms with Crippen molar-refractivity contribution in [1.29, 1.82) is 0 Å². The van der Waals surface area contributed by atoms with Gasteiger partial charge in [0.05, 0.1) is 29.5 Å². The SMILES string of the molecule is O=C(NI)OCC1CCCCC1. The molecule has 0 radical (unpaired) electrons. The monoisotopic (exact) mass is 283 g/mol. The largest absolute Gasteiger partial charge is 0.449 e. The highest BCUT2D eigenvalue weighted by atomic mass is 127. The molecule has 4 heteroatoms. The lowest BCUT2D eigenvalue weighted by atomic mass is 9.90. The third-order valence-electron chi connectivity index (χ3n) is 2.25. The van der Waals surface area contributed by atoms with E-state index in [4.69, 9.17) is 4.74 Å². The molecule has 1 saturated carbocycles. The van der Waals surface area contributed by atoms with Crippen molar-refractivity contribution in [2.45, 2.75) is 32.1 Å². The van der Waals surface area contributed by atoms with Crippen LogP contribution in [0.4, 0.5) is 4.79 Å². The van der Waals surface area contributed by atoms with Gasteiger partial charge in [-0.15, -0.1) is 0 Å². The molecule has 0 aromatic carbocycles. The summed E-state index contributed by atoms with van der Waals surface area (Å²) in [7, 11) is 0. The first-order chi connectivity index (χ1) is 5.83. The maximum Gasteiger partial charge on any atom is 0.415 e. The van der Waals surface area contributed by atoms with Gasteiger partial charge in [0.25, 0.3) is 0 Å². The minimum absolute atomic E-state index is 0.318. The van der Waals surface area contributed by atoms with Gasteiger partial charge in [-0.05, 0) is 18.8 Å². The summed E-state index contributed by atoms with van der Waals surface area (Å²) in [6, 6.07) is 0. The Morgan fingerprint density at radius 2 is 2.08 bits per heavy atom. The Balaban J connectivity index is 2.09. The van der Waals surface area contributed by atoms with E-state index in [-0.39, 0.29) is 6.09 Å². The van der Waals surface area contributed by atoms with E-state index in [0.717, 1.165) is 0 Å². The number of rotatable bonds is 2. The lowest BCUT2D eigenvalue weighted by Crippen LogP contribution is -2.20. The van der Waals surface area contributed by atoms with Crippen LogP contribution in [0.1, 0.15) is 32.1 Å². The first-order valence-electron chi connectivity index (χ1n) is 4.36. The van der Waals surface area contributed by atoms with E-state index in [1.54, 1.807) is 22.9 Å². The van der Waals surface area contributed by atoms with Crippen molar-refractivity contribution in [3.05, 3.63) is 0 Å². The number of amides is 1. The summed E-state index contributed by atoms with van der Waals surface area (Å²) in [6.45, 7) is 0.592. The Hall–Kier alpha value is -0.0000000000000000555. The van der Waals surface area contributed by atoms with Gasteiger partial charge in [0.15, 0.2) is 0 Å². The van der Waals surface area contributed by atoms with Crippen molar-refractivity contribution in [3.8, 4) is 0 Å². The molecule has 1 fully saturated rings. The molecule has 0 spiro atoms. The zero-order valence-corrected chi connectivity index (χ0v) is 9.17. The minimum Gasteiger partial charge on any atom is -0.449 e. The summed E-state index contributed by atoms with van der Waals surface area (Å²) >= 11 is 1.78. The average Bonchev–Trinajstić information content (AvgIpc) is 2.16. The third-order valence-corrected chi connectivity index (χ3v) is 2.69. The normalized spacial score (nSPS) is 18.8. The second-order valence-electron chi connectivity index (χ2n) is 3.20. The zero-order valence-electron chi connectivity index (χ0n) is 7.01. The summed E-state index contributed by atoms with van der Waals surface area (Å²) in [6.07, 6.45) is 6.04. The van der Waals surface area contributed by atoms with Gasteiger partial charge in [-0.2, -0.15) is 0 Å². The number of hydrogen-bond acceptors (Lipinski definition) is 2. The fourth-order valence-electron chi connectivity index (χ4n) is 1.57. The van der Waals surface area contributed by atoms with Crippen molar-refractivity contribution in [2.75, 3.05) is 6.61 Å². The Labute approximate surface area is 86.7 Å². The number of hydrogen-bond donors (Lipinski definition) is 1. The molecule has 0 aromatic heterocycles. The molecule has 1 aliphatic carbocycles. The van der Waals surface area contributed by atoms with Crippen LogP contribution in [0.2, 0.25) is 0 Å². The molecule has 12 heavy (non-hydrogen) atoms. The van der Waals surface area contributed by atoms with E-state index >= 15 is 0 Å². The number of halogens is 1. The van der Waals surface area contributed by atoms with Gasteiger partial charge in [0.2, 0.25) is 0 Å². The number of carbonyl (C=O) groups is 1. The molecular formula is C8H14INO2. The van der Waals surface area contributed by atoms with E-state index in [1.807, 2.05) is 0 Å². The van der Waals surface area contributed by atoms with Crippen molar-refractivity contribution >= 4 is 29.0 Å². The van der Waals surface area contributed by atoms with Crippen LogP contribution in [0.15, 0.2) is 0 Å². The van der Waals surface area contributed by atoms with E-state index in [0.29, 0.717) is 12.5 Å². The molecule has 0 saturated heterocycles. The molecule has 0 aliphatic heterocycles. The van der Waals surface area contributed by atoms with Gasteiger partial charge in [-0.3, -0.25) is 3.53 Å². The van der Waals surface area contributed by atoms with Crippen LogP contribution in [0.5, 0.6) is 0 Å². The first-order valence-corrected chi connectivity index (χ1v) is 5.44. The number of ether oxygens (including phenoxy) is 1. The van der Waals surface area contributed by atoms with Crippen LogP contribution in [0, 0.1) is 5.92 Å². The summed E-state index contributed by atoms with van der Waals surface area (Å²) in [4.78, 5) is 10.7. The van der Waals surface area contributed by atoms with Crippen molar-refractivity contribution in [3.63, 3.8) is 0 Å². The minimum atomic E-state index is -0.318. The van der Waals surface area contributed by atoms with Crippen molar-refractivity contribution in [1.82, 2.24) is 3.53 Å². The molecule has 0 bridgehead atoms. The molecule has 70 valence electrons. The number of carbonyl (C=O) groups excluding carboxylic acids is 1. The van der Waals surface area contributed by atoms with Gasteiger partial charge in [0, 0.05) is 0 Å². The van der Waals surface area contributed by atoms with Crippen LogP contribution in [-0.4, -0.2) is 12.7 Å². The van der Waals surface area contributed by atoms with E-state index in [2.05, 4.69) is 3.53 Å². The van der Waals surface area contributed by atoms with Crippen molar-refractivity contribution < 1.29 is 9.53 Å². The highest BCUT2D eigenvalue weighted by molar-refractivity contribution is 14.1. The van der Waals surface area contributed by atoms with Crippen LogP contribution in [0.25, 0.3) is 0 Å². The van der Waals surface area contributed by atoms with Crippen LogP contribution >= 0.6 is 22.9 Å². The maximum atomic E-state index is 10.7. The maximum absolute atomic E-state index is 10.7. The smallest absolute Gasteiger partial charge is 0.415 e. The second-order valence-corrected chi connectivity index (χ2v) is 3.74. The molecule has 0 unspecified atom stereocenters. The lowest BCUT2D eigenvalue weighted by molar-refractivity contribution is 0.122.